The normalized spacial score (nSPS) is 28.2. The molecule has 1 heterocycles. The Morgan fingerprint density at radius 1 is 1.75 bits per heavy atom. The van der Waals surface area contributed by atoms with Gasteiger partial charge in [-0.05, 0) is 12.8 Å². The second-order valence-corrected chi connectivity index (χ2v) is 3.00. The highest BCUT2D eigenvalue weighted by atomic mass is 16.3. The van der Waals surface area contributed by atoms with Crippen molar-refractivity contribution in [1.29, 1.82) is 5.26 Å². The lowest BCUT2D eigenvalue weighted by molar-refractivity contribution is -0.119. The summed E-state index contributed by atoms with van der Waals surface area (Å²) in [5.74, 6) is -0.0931. The van der Waals surface area contributed by atoms with Gasteiger partial charge in [0.1, 0.15) is 0 Å². The molecule has 0 aromatic heterocycles. The van der Waals surface area contributed by atoms with E-state index in [2.05, 4.69) is 5.32 Å². The average Bonchev–Trinajstić information content (AvgIpc) is 2.31. The lowest BCUT2D eigenvalue weighted by Crippen LogP contribution is -2.31. The van der Waals surface area contributed by atoms with E-state index in [0.29, 0.717) is 12.8 Å². The number of nitrogens with one attached hydrogen (secondary N) is 1. The van der Waals surface area contributed by atoms with Crippen LogP contribution in [0.25, 0.3) is 0 Å². The third-order valence-corrected chi connectivity index (χ3v) is 2.01. The van der Waals surface area contributed by atoms with Gasteiger partial charge in [0.2, 0.25) is 5.91 Å². The number of nitriles is 1. The molecule has 1 aliphatic rings. The molecule has 1 rings (SSSR count). The first-order valence-corrected chi connectivity index (χ1v) is 4.08. The van der Waals surface area contributed by atoms with Gasteiger partial charge in [0.15, 0.2) is 0 Å². The van der Waals surface area contributed by atoms with Crippen LogP contribution in [0.15, 0.2) is 0 Å². The first kappa shape index (κ1) is 9.01. The fourth-order valence-corrected chi connectivity index (χ4v) is 1.36. The van der Waals surface area contributed by atoms with Gasteiger partial charge in [-0.1, -0.05) is 0 Å². The summed E-state index contributed by atoms with van der Waals surface area (Å²) in [6.45, 7) is 0. The summed E-state index contributed by atoms with van der Waals surface area (Å²) in [7, 11) is 0. The van der Waals surface area contributed by atoms with Crippen molar-refractivity contribution in [2.24, 2.45) is 0 Å². The van der Waals surface area contributed by atoms with Crippen LogP contribution in [0, 0.1) is 11.3 Å². The van der Waals surface area contributed by atoms with Gasteiger partial charge in [-0.2, -0.15) is 5.26 Å². The third-order valence-electron chi connectivity index (χ3n) is 2.01. The minimum Gasteiger partial charge on any atom is -0.390 e. The molecule has 2 unspecified atom stereocenters. The van der Waals surface area contributed by atoms with Gasteiger partial charge in [0.25, 0.3) is 0 Å². The molecule has 0 aromatic rings. The van der Waals surface area contributed by atoms with Gasteiger partial charge in [-0.25, -0.2) is 0 Å². The molecule has 12 heavy (non-hydrogen) atoms. The summed E-state index contributed by atoms with van der Waals surface area (Å²) < 4.78 is 0. The van der Waals surface area contributed by atoms with Crippen molar-refractivity contribution in [2.75, 3.05) is 0 Å². The number of unbranched alkanes of at least 4 members (excludes halogenated alkanes) is 1. The first-order valence-electron chi connectivity index (χ1n) is 4.08. The number of hydrogen-bond donors (Lipinski definition) is 2. The van der Waals surface area contributed by atoms with Crippen molar-refractivity contribution >= 4 is 5.91 Å². The molecule has 1 saturated heterocycles. The Labute approximate surface area is 71.2 Å². The fourth-order valence-electron chi connectivity index (χ4n) is 1.36. The molecule has 0 radical (unpaired) electrons. The SMILES string of the molecule is N#CCCCC1NC(=O)CC1O. The van der Waals surface area contributed by atoms with Gasteiger partial charge < -0.3 is 10.4 Å². The Hall–Kier alpha value is -1.08. The van der Waals surface area contributed by atoms with Crippen LogP contribution in [0.5, 0.6) is 0 Å². The lowest BCUT2D eigenvalue weighted by atomic mass is 10.1. The zero-order valence-corrected chi connectivity index (χ0v) is 6.79. The number of amides is 1. The van der Waals surface area contributed by atoms with E-state index in [0.717, 1.165) is 6.42 Å². The zero-order valence-electron chi connectivity index (χ0n) is 6.79. The predicted octanol–water partition coefficient (Wildman–Crippen LogP) is -0.0703. The van der Waals surface area contributed by atoms with Crippen LogP contribution >= 0.6 is 0 Å². The highest BCUT2D eigenvalue weighted by Gasteiger charge is 2.29. The van der Waals surface area contributed by atoms with Crippen LogP contribution in [-0.2, 0) is 4.79 Å². The van der Waals surface area contributed by atoms with Crippen LogP contribution in [0.3, 0.4) is 0 Å². The summed E-state index contributed by atoms with van der Waals surface area (Å²) in [6.07, 6.45) is 1.56. The second-order valence-electron chi connectivity index (χ2n) is 3.00. The highest BCUT2D eigenvalue weighted by molar-refractivity contribution is 5.79. The van der Waals surface area contributed by atoms with Crippen molar-refractivity contribution in [1.82, 2.24) is 5.32 Å². The quantitative estimate of drug-likeness (QED) is 0.579. The summed E-state index contributed by atoms with van der Waals surface area (Å²) in [4.78, 5) is 10.8. The van der Waals surface area contributed by atoms with Gasteiger partial charge >= 0.3 is 0 Å². The molecule has 0 spiro atoms. The molecule has 0 saturated carbocycles. The van der Waals surface area contributed by atoms with Crippen LogP contribution in [-0.4, -0.2) is 23.2 Å². The lowest BCUT2D eigenvalue weighted by Gasteiger charge is -2.12. The summed E-state index contributed by atoms with van der Waals surface area (Å²) in [5.41, 5.74) is 0. The molecule has 0 aliphatic carbocycles. The maximum Gasteiger partial charge on any atom is 0.222 e. The maximum absolute atomic E-state index is 10.8. The summed E-state index contributed by atoms with van der Waals surface area (Å²) in [6, 6.07) is 1.89. The van der Waals surface area contributed by atoms with Gasteiger partial charge in [0, 0.05) is 6.42 Å². The largest absolute Gasteiger partial charge is 0.390 e. The Kier molecular flexibility index (Phi) is 3.06. The number of nitrogens with zero attached hydrogens (tertiary/aromatic N) is 1. The van der Waals surface area contributed by atoms with E-state index in [1.807, 2.05) is 6.07 Å². The maximum atomic E-state index is 10.8. The first-order chi connectivity index (χ1) is 5.74. The van der Waals surface area contributed by atoms with Crippen molar-refractivity contribution in [3.05, 3.63) is 0 Å². The van der Waals surface area contributed by atoms with Crippen molar-refractivity contribution in [2.45, 2.75) is 37.8 Å². The number of hydrogen-bond acceptors (Lipinski definition) is 3. The smallest absolute Gasteiger partial charge is 0.222 e. The molecule has 1 fully saturated rings. The predicted molar refractivity (Wildman–Crippen MR) is 42.0 cm³/mol. The standard InChI is InChI=1S/C8H12N2O2/c9-4-2-1-3-6-7(11)5-8(12)10-6/h6-7,11H,1-3,5H2,(H,10,12). The van der Waals surface area contributed by atoms with Gasteiger partial charge in [-0.3, -0.25) is 4.79 Å². The molecule has 0 aromatic carbocycles. The van der Waals surface area contributed by atoms with Crippen molar-refractivity contribution < 1.29 is 9.90 Å². The van der Waals surface area contributed by atoms with Crippen LogP contribution in [0.1, 0.15) is 25.7 Å². The molecule has 1 aliphatic heterocycles. The van der Waals surface area contributed by atoms with E-state index in [1.54, 1.807) is 0 Å². The van der Waals surface area contributed by atoms with Gasteiger partial charge in [0.05, 0.1) is 24.6 Å². The Balaban J connectivity index is 2.24. The molecule has 0 bridgehead atoms. The summed E-state index contributed by atoms with van der Waals surface area (Å²) in [5, 5.41) is 20.2. The van der Waals surface area contributed by atoms with Gasteiger partial charge in [-0.15, -0.1) is 0 Å². The van der Waals surface area contributed by atoms with E-state index < -0.39 is 6.10 Å². The average molecular weight is 168 g/mol. The Bertz CT molecular complexity index is 210. The van der Waals surface area contributed by atoms with Crippen molar-refractivity contribution in [3.8, 4) is 6.07 Å². The van der Waals surface area contributed by atoms with Crippen LogP contribution in [0.2, 0.25) is 0 Å². The number of aliphatic hydroxyl groups excluding tert-OH is 1. The number of aliphatic hydroxyl groups is 1. The Morgan fingerprint density at radius 2 is 2.50 bits per heavy atom. The number of carbonyl (C=O) groups excluding carboxylic acids is 1. The molecule has 1 amide bonds. The molecule has 2 atom stereocenters. The molecule has 4 nitrogen and oxygen atoms in total. The van der Waals surface area contributed by atoms with E-state index in [-0.39, 0.29) is 18.4 Å². The highest BCUT2D eigenvalue weighted by Crippen LogP contribution is 2.13. The van der Waals surface area contributed by atoms with Crippen LogP contribution in [0.4, 0.5) is 0 Å². The Morgan fingerprint density at radius 3 is 3.00 bits per heavy atom. The second kappa shape index (κ2) is 4.07. The fraction of sp³-hybridized carbons (Fsp3) is 0.750. The van der Waals surface area contributed by atoms with Crippen molar-refractivity contribution in [3.63, 3.8) is 0 Å². The van der Waals surface area contributed by atoms with E-state index in [1.165, 1.54) is 0 Å². The topological polar surface area (TPSA) is 73.1 Å². The van der Waals surface area contributed by atoms with E-state index in [4.69, 9.17) is 5.26 Å². The molecular formula is C8H12N2O2. The zero-order chi connectivity index (χ0) is 8.97. The minimum atomic E-state index is -0.559. The summed E-state index contributed by atoms with van der Waals surface area (Å²) >= 11 is 0. The minimum absolute atomic E-state index is 0.0931. The van der Waals surface area contributed by atoms with E-state index >= 15 is 0 Å². The van der Waals surface area contributed by atoms with E-state index in [9.17, 15) is 9.90 Å². The molecule has 2 N–H and O–H groups in total. The monoisotopic (exact) mass is 168 g/mol. The molecular weight excluding hydrogens is 156 g/mol. The van der Waals surface area contributed by atoms with Crippen LogP contribution < -0.4 is 5.32 Å². The molecule has 66 valence electrons. The molecule has 4 heteroatoms. The third kappa shape index (κ3) is 2.21. The number of carbonyl (C=O) groups is 1. The number of rotatable bonds is 3.